The molecule has 0 aromatic heterocycles. The highest BCUT2D eigenvalue weighted by Gasteiger charge is 2.08. The molecule has 0 aliphatic rings. The van der Waals surface area contributed by atoms with E-state index in [2.05, 4.69) is 13.8 Å². The van der Waals surface area contributed by atoms with E-state index in [4.69, 9.17) is 4.74 Å². The highest BCUT2D eigenvalue weighted by Crippen LogP contribution is 2.14. The fourth-order valence-corrected chi connectivity index (χ4v) is 3.84. The SMILES string of the molecule is CCCCCCCCCCCCCCCCCC(=O)O[C@@H](C)CCCCCC. The normalized spacial score (nSPS) is 12.2. The Morgan fingerprint density at radius 2 is 0.929 bits per heavy atom. The summed E-state index contributed by atoms with van der Waals surface area (Å²) in [4.78, 5) is 11.9. The van der Waals surface area contributed by atoms with Crippen molar-refractivity contribution in [3.8, 4) is 0 Å². The fourth-order valence-electron chi connectivity index (χ4n) is 3.84. The van der Waals surface area contributed by atoms with Gasteiger partial charge in [-0.2, -0.15) is 0 Å². The Morgan fingerprint density at radius 3 is 1.36 bits per heavy atom. The zero-order valence-corrected chi connectivity index (χ0v) is 19.7. The molecule has 0 aromatic carbocycles. The first-order valence-electron chi connectivity index (χ1n) is 12.9. The highest BCUT2D eigenvalue weighted by atomic mass is 16.5. The third-order valence-electron chi connectivity index (χ3n) is 5.78. The van der Waals surface area contributed by atoms with Crippen LogP contribution in [-0.2, 0) is 9.53 Å². The van der Waals surface area contributed by atoms with Crippen molar-refractivity contribution in [3.63, 3.8) is 0 Å². The van der Waals surface area contributed by atoms with E-state index < -0.39 is 0 Å². The second-order valence-electron chi connectivity index (χ2n) is 8.85. The highest BCUT2D eigenvalue weighted by molar-refractivity contribution is 5.69. The van der Waals surface area contributed by atoms with Crippen LogP contribution in [0, 0.1) is 0 Å². The van der Waals surface area contributed by atoms with E-state index >= 15 is 0 Å². The van der Waals surface area contributed by atoms with Crippen LogP contribution < -0.4 is 0 Å². The predicted octanol–water partition coefficient (Wildman–Crippen LogP) is 9.15. The summed E-state index contributed by atoms with van der Waals surface area (Å²) in [6.45, 7) is 6.54. The molecule has 0 fully saturated rings. The molecule has 0 saturated carbocycles. The van der Waals surface area contributed by atoms with E-state index in [1.54, 1.807) is 0 Å². The van der Waals surface area contributed by atoms with Crippen molar-refractivity contribution in [1.82, 2.24) is 0 Å². The molecule has 0 aliphatic carbocycles. The Kier molecular flexibility index (Phi) is 22.3. The number of hydrogen-bond donors (Lipinski definition) is 0. The first-order chi connectivity index (χ1) is 13.7. The molecule has 0 unspecified atom stereocenters. The van der Waals surface area contributed by atoms with Crippen molar-refractivity contribution >= 4 is 5.97 Å². The molecule has 0 heterocycles. The Morgan fingerprint density at radius 1 is 0.571 bits per heavy atom. The third-order valence-corrected chi connectivity index (χ3v) is 5.78. The standard InChI is InChI=1S/C26H52O2/c1-4-6-8-10-11-12-13-14-15-16-17-18-19-20-22-24-26(27)28-25(3)23-21-9-7-5-2/h25H,4-24H2,1-3H3/t25-/m0/s1. The van der Waals surface area contributed by atoms with E-state index in [0.717, 1.165) is 12.8 Å². The van der Waals surface area contributed by atoms with Gasteiger partial charge in [0.25, 0.3) is 0 Å². The number of rotatable bonds is 22. The van der Waals surface area contributed by atoms with Gasteiger partial charge in [0.2, 0.25) is 0 Å². The lowest BCUT2D eigenvalue weighted by Gasteiger charge is -2.13. The summed E-state index contributed by atoms with van der Waals surface area (Å²) in [6.07, 6.45) is 27.1. The van der Waals surface area contributed by atoms with Crippen LogP contribution in [0.25, 0.3) is 0 Å². The van der Waals surface area contributed by atoms with E-state index in [-0.39, 0.29) is 12.1 Å². The van der Waals surface area contributed by atoms with Crippen molar-refractivity contribution in [2.75, 3.05) is 0 Å². The van der Waals surface area contributed by atoms with Gasteiger partial charge in [-0.25, -0.2) is 0 Å². The van der Waals surface area contributed by atoms with Gasteiger partial charge in [0.1, 0.15) is 0 Å². The summed E-state index contributed by atoms with van der Waals surface area (Å²) in [6, 6.07) is 0. The van der Waals surface area contributed by atoms with Crippen molar-refractivity contribution < 1.29 is 9.53 Å². The zero-order chi connectivity index (χ0) is 20.7. The van der Waals surface area contributed by atoms with E-state index in [9.17, 15) is 4.79 Å². The van der Waals surface area contributed by atoms with Gasteiger partial charge in [0, 0.05) is 6.42 Å². The average molecular weight is 397 g/mol. The van der Waals surface area contributed by atoms with Crippen LogP contribution >= 0.6 is 0 Å². The van der Waals surface area contributed by atoms with E-state index in [1.165, 1.54) is 116 Å². The van der Waals surface area contributed by atoms with Crippen LogP contribution in [-0.4, -0.2) is 12.1 Å². The van der Waals surface area contributed by atoms with Crippen LogP contribution in [0.5, 0.6) is 0 Å². The molecule has 2 heteroatoms. The Labute approximate surface area is 177 Å². The van der Waals surface area contributed by atoms with Crippen LogP contribution in [0.3, 0.4) is 0 Å². The molecule has 0 bridgehead atoms. The minimum absolute atomic E-state index is 0.0117. The van der Waals surface area contributed by atoms with Crippen molar-refractivity contribution in [2.45, 2.75) is 162 Å². The summed E-state index contributed by atoms with van der Waals surface area (Å²) < 4.78 is 5.51. The summed E-state index contributed by atoms with van der Waals surface area (Å²) in [5.41, 5.74) is 0. The molecule has 28 heavy (non-hydrogen) atoms. The molecule has 0 aromatic rings. The maximum atomic E-state index is 11.9. The smallest absolute Gasteiger partial charge is 0.306 e. The molecule has 0 spiro atoms. The van der Waals surface area contributed by atoms with Gasteiger partial charge in [-0.15, -0.1) is 0 Å². The van der Waals surface area contributed by atoms with Crippen LogP contribution in [0.4, 0.5) is 0 Å². The van der Waals surface area contributed by atoms with Crippen molar-refractivity contribution in [1.29, 1.82) is 0 Å². The largest absolute Gasteiger partial charge is 0.463 e. The lowest BCUT2D eigenvalue weighted by atomic mass is 10.0. The van der Waals surface area contributed by atoms with E-state index in [0.29, 0.717) is 6.42 Å². The zero-order valence-electron chi connectivity index (χ0n) is 19.7. The van der Waals surface area contributed by atoms with Gasteiger partial charge in [0.05, 0.1) is 6.10 Å². The first kappa shape index (κ1) is 27.5. The second-order valence-corrected chi connectivity index (χ2v) is 8.85. The number of ether oxygens (including phenoxy) is 1. The Balaban J connectivity index is 3.22. The van der Waals surface area contributed by atoms with Crippen LogP contribution in [0.15, 0.2) is 0 Å². The topological polar surface area (TPSA) is 26.3 Å². The minimum Gasteiger partial charge on any atom is -0.463 e. The van der Waals surface area contributed by atoms with Gasteiger partial charge < -0.3 is 4.74 Å². The van der Waals surface area contributed by atoms with Gasteiger partial charge in [-0.1, -0.05) is 123 Å². The summed E-state index contributed by atoms with van der Waals surface area (Å²) >= 11 is 0. The summed E-state index contributed by atoms with van der Waals surface area (Å²) in [7, 11) is 0. The van der Waals surface area contributed by atoms with Gasteiger partial charge >= 0.3 is 5.97 Å². The second kappa shape index (κ2) is 22.8. The Hall–Kier alpha value is -0.530. The molecule has 0 N–H and O–H groups in total. The molecular weight excluding hydrogens is 344 g/mol. The quantitative estimate of drug-likeness (QED) is 0.135. The van der Waals surface area contributed by atoms with Gasteiger partial charge in [-0.3, -0.25) is 4.79 Å². The maximum Gasteiger partial charge on any atom is 0.306 e. The fraction of sp³-hybridized carbons (Fsp3) is 0.962. The van der Waals surface area contributed by atoms with E-state index in [1.807, 2.05) is 6.92 Å². The molecule has 1 atom stereocenters. The monoisotopic (exact) mass is 396 g/mol. The summed E-state index contributed by atoms with van der Waals surface area (Å²) in [5.74, 6) is 0.0117. The van der Waals surface area contributed by atoms with Gasteiger partial charge in [-0.05, 0) is 26.2 Å². The summed E-state index contributed by atoms with van der Waals surface area (Å²) in [5, 5.41) is 0. The third kappa shape index (κ3) is 21.8. The average Bonchev–Trinajstić information content (AvgIpc) is 2.68. The number of unbranched alkanes of at least 4 members (excludes halogenated alkanes) is 17. The van der Waals surface area contributed by atoms with Gasteiger partial charge in [0.15, 0.2) is 0 Å². The van der Waals surface area contributed by atoms with Crippen LogP contribution in [0.2, 0.25) is 0 Å². The minimum atomic E-state index is 0.0117. The molecule has 168 valence electrons. The molecule has 0 rings (SSSR count). The number of carbonyl (C=O) groups excluding carboxylic acids is 1. The molecule has 0 aliphatic heterocycles. The molecule has 0 radical (unpaired) electrons. The predicted molar refractivity (Wildman–Crippen MR) is 124 cm³/mol. The lowest BCUT2D eigenvalue weighted by molar-refractivity contribution is -0.148. The number of carbonyl (C=O) groups is 1. The first-order valence-corrected chi connectivity index (χ1v) is 12.9. The van der Waals surface area contributed by atoms with Crippen molar-refractivity contribution in [3.05, 3.63) is 0 Å². The molecule has 2 nitrogen and oxygen atoms in total. The molecule has 0 amide bonds. The number of hydrogen-bond acceptors (Lipinski definition) is 2. The molecule has 0 saturated heterocycles. The maximum absolute atomic E-state index is 11.9. The molecular formula is C26H52O2. The lowest BCUT2D eigenvalue weighted by Crippen LogP contribution is -2.14. The van der Waals surface area contributed by atoms with Crippen LogP contribution in [0.1, 0.15) is 156 Å². The Bertz CT molecular complexity index is 314. The number of esters is 1. The van der Waals surface area contributed by atoms with Crippen molar-refractivity contribution in [2.24, 2.45) is 0 Å².